The van der Waals surface area contributed by atoms with E-state index < -0.39 is 83.9 Å². The van der Waals surface area contributed by atoms with Crippen LogP contribution in [0.25, 0.3) is 0 Å². The molecule has 16 aliphatic heterocycles. The maximum atomic E-state index is 14.8. The normalized spacial score (nSPS) is 58.8. The molecular formula is C61H86O19. The summed E-state index contributed by atoms with van der Waals surface area (Å²) in [6.45, 7) is 19.8. The van der Waals surface area contributed by atoms with Crippen LogP contribution in [0.5, 0.6) is 0 Å². The molecule has 0 radical (unpaired) electrons. The summed E-state index contributed by atoms with van der Waals surface area (Å²) in [5, 5.41) is 32.5. The fourth-order valence-corrected chi connectivity index (χ4v) is 18.8. The molecule has 16 rings (SSSR count). The van der Waals surface area contributed by atoms with E-state index in [1.54, 1.807) is 0 Å². The average molecular weight is 1120 g/mol. The second kappa shape index (κ2) is 19.8. The first-order valence-electron chi connectivity index (χ1n) is 31.0. The van der Waals surface area contributed by atoms with Gasteiger partial charge in [0.25, 0.3) is 0 Å². The van der Waals surface area contributed by atoms with Crippen LogP contribution in [-0.2, 0) is 75.9 Å². The first-order chi connectivity index (χ1) is 38.2. The van der Waals surface area contributed by atoms with Gasteiger partial charge < -0.3 is 81.6 Å². The van der Waals surface area contributed by atoms with Gasteiger partial charge in [-0.15, -0.1) is 0 Å². The zero-order valence-electron chi connectivity index (χ0n) is 47.2. The first kappa shape index (κ1) is 54.6. The molecule has 19 heteroatoms. The molecule has 32 atom stereocenters. The summed E-state index contributed by atoms with van der Waals surface area (Å²) in [5.74, 6) is -3.99. The lowest BCUT2D eigenvalue weighted by atomic mass is 9.72. The number of carboxylic acid groups (broad SMARTS) is 1. The van der Waals surface area contributed by atoms with E-state index in [9.17, 15) is 24.9 Å². The molecule has 0 saturated carbocycles. The minimum atomic E-state index is -1.33. The number of carboxylic acids is 1. The number of rotatable bonds is 2. The number of fused-ring (bicyclic) bond motifs is 10. The van der Waals surface area contributed by atoms with Gasteiger partial charge in [0.1, 0.15) is 48.0 Å². The zero-order valence-corrected chi connectivity index (χ0v) is 47.2. The maximum absolute atomic E-state index is 14.8. The highest BCUT2D eigenvalue weighted by Crippen LogP contribution is 2.60. The topological polar surface area (TPSA) is 224 Å². The average Bonchev–Trinajstić information content (AvgIpc) is 4.26. The summed E-state index contributed by atoms with van der Waals surface area (Å²) in [7, 11) is 0. The third-order valence-electron chi connectivity index (χ3n) is 22.7. The van der Waals surface area contributed by atoms with Gasteiger partial charge in [0.05, 0.1) is 110 Å². The number of aliphatic carboxylic acids is 1. The SMILES string of the molecule is C=C1C[C@@H]2CC[C@]34OC5[C@@H]6O[C@H]7CC[C@H](CC(=O)C[C@@H]8[C@@H](C)[C@@H]9O[C@@H]%10C[C@]%11(C[C@@H]%12O[C@]%13(C[C@H](C)[C@@H]%14O[C@H](CC(=O)O)[C@H](O)C[C@@H]%14O%13)C[C@H](C)[C@@H]%12O%11)O[C@@H]%10C[C@@H]9O[C@H]8C[C@H]8O[C@@H](CC[C@@H]1O2)C[C@@H](C)C8=C)O[C@@H]7[C@H](O3)[C@@H]6O[C@@]5(C)[C@H]4O. The summed E-state index contributed by atoms with van der Waals surface area (Å²) < 4.78 is 96.9. The standard InChI is InChI=1S/C61H86O19/c1-26-14-33-8-10-38-27(2)15-35(67-38)12-13-61-57(66)58(7)56(80-61)55-54(77-58)53(79-61)52-39(71-55)11-9-34(69-52)16-32(62)17-36-31(6)51-44(70-41(36)19-40(68-33)30(26)5)20-43-46(73-51)24-60(74-43)25-47-50(78-60)29(4)23-59(76-47)22-28(3)49-45(75-59)18-37(63)42(72-49)21-48(64)65/h26,28-29,31,33-47,49-57,63,66H,2,5,8-25H2,1,3-4,6-7H3,(H,64,65)/t26-,28+,29+,31-,33+,34-,35+,36-,37-,38+,39+,40-,41+,42-,43-,44+,45+,46-,47+,49+,50+,51+,52+,53+,54+,55-,56?,57-,58-,59-,60+,61-/m1/s1. The molecule has 16 heterocycles. The lowest BCUT2D eigenvalue weighted by molar-refractivity contribution is -0.371. The third kappa shape index (κ3) is 8.91. The van der Waals surface area contributed by atoms with Gasteiger partial charge in [0, 0.05) is 64.2 Å². The summed E-state index contributed by atoms with van der Waals surface area (Å²) in [6, 6.07) is 0. The number of aliphatic hydroxyl groups excluding tert-OH is 2. The number of ketones is 1. The highest BCUT2D eigenvalue weighted by molar-refractivity contribution is 5.79. The molecule has 0 aliphatic carbocycles. The van der Waals surface area contributed by atoms with Crippen LogP contribution in [0.2, 0.25) is 0 Å². The van der Waals surface area contributed by atoms with Crippen LogP contribution in [0, 0.1) is 29.6 Å². The number of hydrogen-bond donors (Lipinski definition) is 3. The molecule has 1 unspecified atom stereocenters. The fraction of sp³-hybridized carbons (Fsp3) is 0.902. The van der Waals surface area contributed by atoms with Crippen molar-refractivity contribution in [3.8, 4) is 0 Å². The Balaban J connectivity index is 0.666. The molecule has 3 N–H and O–H groups in total. The van der Waals surface area contributed by atoms with Crippen LogP contribution in [0.3, 0.4) is 0 Å². The molecule has 444 valence electrons. The maximum Gasteiger partial charge on any atom is 0.306 e. The fourth-order valence-electron chi connectivity index (χ4n) is 18.8. The molecule has 0 amide bonds. The van der Waals surface area contributed by atoms with Crippen molar-refractivity contribution in [3.05, 3.63) is 24.3 Å². The van der Waals surface area contributed by atoms with Crippen molar-refractivity contribution in [1.82, 2.24) is 0 Å². The molecule has 12 bridgehead atoms. The first-order valence-corrected chi connectivity index (χ1v) is 31.0. The smallest absolute Gasteiger partial charge is 0.306 e. The van der Waals surface area contributed by atoms with Gasteiger partial charge in [0.15, 0.2) is 17.4 Å². The molecule has 19 nitrogen and oxygen atoms in total. The predicted molar refractivity (Wildman–Crippen MR) is 278 cm³/mol. The second-order valence-corrected chi connectivity index (χ2v) is 28.2. The van der Waals surface area contributed by atoms with Crippen LogP contribution in [0.1, 0.15) is 150 Å². The molecule has 0 aromatic carbocycles. The van der Waals surface area contributed by atoms with Crippen molar-refractivity contribution in [2.24, 2.45) is 29.6 Å². The van der Waals surface area contributed by atoms with Gasteiger partial charge in [-0.2, -0.15) is 0 Å². The van der Waals surface area contributed by atoms with Crippen molar-refractivity contribution in [3.63, 3.8) is 0 Å². The van der Waals surface area contributed by atoms with Crippen molar-refractivity contribution in [2.45, 2.75) is 314 Å². The highest BCUT2D eigenvalue weighted by atomic mass is 16.8. The van der Waals surface area contributed by atoms with Crippen molar-refractivity contribution in [2.75, 3.05) is 0 Å². The Morgan fingerprint density at radius 1 is 0.562 bits per heavy atom. The Hall–Kier alpha value is -2.02. The van der Waals surface area contributed by atoms with E-state index in [1.807, 2.05) is 6.92 Å². The summed E-state index contributed by atoms with van der Waals surface area (Å²) in [4.78, 5) is 26.4. The van der Waals surface area contributed by atoms with Gasteiger partial charge >= 0.3 is 5.97 Å². The van der Waals surface area contributed by atoms with Gasteiger partial charge in [-0.25, -0.2) is 0 Å². The van der Waals surface area contributed by atoms with Gasteiger partial charge in [-0.1, -0.05) is 40.9 Å². The quantitative estimate of drug-likeness (QED) is 0.283. The number of carbonyl (C=O) groups excluding carboxylic acids is 1. The van der Waals surface area contributed by atoms with E-state index in [4.69, 9.17) is 66.3 Å². The minimum absolute atomic E-state index is 0.0108. The number of ether oxygens (including phenoxy) is 14. The molecule has 3 spiro atoms. The third-order valence-corrected chi connectivity index (χ3v) is 22.7. The summed E-state index contributed by atoms with van der Waals surface area (Å²) in [5.41, 5.74) is 1.11. The van der Waals surface area contributed by atoms with Crippen LogP contribution in [0.15, 0.2) is 24.3 Å². The Morgan fingerprint density at radius 3 is 2.10 bits per heavy atom. The van der Waals surface area contributed by atoms with E-state index >= 15 is 0 Å². The number of carbonyl (C=O) groups is 2. The number of aliphatic hydroxyl groups is 2. The highest BCUT2D eigenvalue weighted by Gasteiger charge is 2.77. The molecule has 0 aromatic rings. The monoisotopic (exact) mass is 1120 g/mol. The Morgan fingerprint density at radius 2 is 1.27 bits per heavy atom. The van der Waals surface area contributed by atoms with E-state index in [0.29, 0.717) is 64.2 Å². The number of Topliss-reactive ketones (excluding diaryl/α,β-unsaturated/α-hetero) is 1. The van der Waals surface area contributed by atoms with Crippen molar-refractivity contribution >= 4 is 11.8 Å². The van der Waals surface area contributed by atoms with Crippen LogP contribution in [-0.4, -0.2) is 190 Å². The molecule has 80 heavy (non-hydrogen) atoms. The van der Waals surface area contributed by atoms with Gasteiger partial charge in [-0.3, -0.25) is 9.59 Å². The minimum Gasteiger partial charge on any atom is -0.481 e. The molecule has 0 aromatic heterocycles. The van der Waals surface area contributed by atoms with Crippen LogP contribution < -0.4 is 0 Å². The summed E-state index contributed by atoms with van der Waals surface area (Å²) >= 11 is 0. The Labute approximate surface area is 468 Å². The van der Waals surface area contributed by atoms with Crippen LogP contribution in [0.4, 0.5) is 0 Å². The van der Waals surface area contributed by atoms with Gasteiger partial charge in [-0.05, 0) is 92.6 Å². The zero-order chi connectivity index (χ0) is 55.1. The van der Waals surface area contributed by atoms with E-state index in [1.165, 1.54) is 0 Å². The lowest BCUT2D eigenvalue weighted by Gasteiger charge is -2.54. The second-order valence-electron chi connectivity index (χ2n) is 28.2. The summed E-state index contributed by atoms with van der Waals surface area (Å²) in [6.07, 6.45) is 0.298. The Bertz CT molecular complexity index is 2460. The molecular weight excluding hydrogens is 1040 g/mol. The largest absolute Gasteiger partial charge is 0.481 e. The molecule has 16 saturated heterocycles. The Kier molecular flexibility index (Phi) is 13.5. The van der Waals surface area contributed by atoms with E-state index in [2.05, 4.69) is 40.9 Å². The van der Waals surface area contributed by atoms with E-state index in [-0.39, 0.29) is 147 Å². The molecule has 16 aliphatic rings. The van der Waals surface area contributed by atoms with Crippen molar-refractivity contribution in [1.29, 1.82) is 0 Å². The van der Waals surface area contributed by atoms with Gasteiger partial charge in [0.2, 0.25) is 0 Å². The van der Waals surface area contributed by atoms with Crippen LogP contribution >= 0.6 is 0 Å². The lowest BCUT2D eigenvalue weighted by Crippen LogP contribution is -2.62. The van der Waals surface area contributed by atoms with Crippen molar-refractivity contribution < 1.29 is 91.2 Å². The molecule has 16 fully saturated rings. The predicted octanol–water partition coefficient (Wildman–Crippen LogP) is 5.68. The number of hydrogen-bond acceptors (Lipinski definition) is 18. The van der Waals surface area contributed by atoms with E-state index in [0.717, 1.165) is 36.8 Å².